The molecule has 2 rings (SSSR count). The maximum Gasteiger partial charge on any atom is 0.0181 e. The summed E-state index contributed by atoms with van der Waals surface area (Å²) in [5, 5.41) is 0. The van der Waals surface area contributed by atoms with Crippen LogP contribution in [-0.2, 0) is 6.42 Å². The summed E-state index contributed by atoms with van der Waals surface area (Å²) in [6.45, 7) is 0. The van der Waals surface area contributed by atoms with Gasteiger partial charge in [0.15, 0.2) is 0 Å². The average Bonchev–Trinajstić information content (AvgIpc) is 2.33. The van der Waals surface area contributed by atoms with Gasteiger partial charge in [-0.15, -0.1) is 0 Å². The zero-order chi connectivity index (χ0) is 7.84. The zero-order valence-electron chi connectivity index (χ0n) is 5.77. The van der Waals surface area contributed by atoms with Crippen LogP contribution in [0.3, 0.4) is 0 Å². The van der Waals surface area contributed by atoms with Gasteiger partial charge in [0.05, 0.1) is 0 Å². The van der Waals surface area contributed by atoms with Crippen LogP contribution in [0.25, 0.3) is 3.58 Å². The number of fused-ring (bicyclic) bond motifs is 1. The van der Waals surface area contributed by atoms with Crippen molar-refractivity contribution in [3.63, 3.8) is 0 Å². The Morgan fingerprint density at radius 3 is 3.00 bits per heavy atom. The van der Waals surface area contributed by atoms with Crippen LogP contribution in [0.4, 0.5) is 0 Å². The largest absolute Gasteiger partial charge is 0.0661 e. The van der Waals surface area contributed by atoms with Crippen molar-refractivity contribution in [3.8, 4) is 0 Å². The van der Waals surface area contributed by atoms with Crippen molar-refractivity contribution in [3.05, 3.63) is 39.9 Å². The molecule has 1 aliphatic carbocycles. The quantitative estimate of drug-likeness (QED) is 0.638. The van der Waals surface area contributed by atoms with E-state index in [-0.39, 0.29) is 0 Å². The van der Waals surface area contributed by atoms with E-state index >= 15 is 0 Å². The summed E-state index contributed by atoms with van der Waals surface area (Å²) < 4.78 is 2.54. The Hall–Kier alpha value is 0.170. The van der Waals surface area contributed by atoms with E-state index in [0.717, 1.165) is 6.42 Å². The van der Waals surface area contributed by atoms with Crippen LogP contribution in [0.1, 0.15) is 11.1 Å². The van der Waals surface area contributed by atoms with E-state index in [1.165, 1.54) is 19.2 Å². The van der Waals surface area contributed by atoms with Crippen molar-refractivity contribution in [1.29, 1.82) is 0 Å². The summed E-state index contributed by atoms with van der Waals surface area (Å²) in [5.41, 5.74) is 2.83. The fraction of sp³-hybridized carbons (Fsp3) is 0.111. The summed E-state index contributed by atoms with van der Waals surface area (Å²) >= 11 is 5.84. The zero-order valence-corrected chi connectivity index (χ0v) is 9.52. The van der Waals surface area contributed by atoms with E-state index in [1.54, 1.807) is 0 Å². The minimum absolute atomic E-state index is 1.10. The summed E-state index contributed by atoms with van der Waals surface area (Å²) in [7, 11) is 0. The van der Waals surface area contributed by atoms with Crippen molar-refractivity contribution in [1.82, 2.24) is 0 Å². The van der Waals surface area contributed by atoms with Crippen LogP contribution in [-0.4, -0.2) is 0 Å². The Balaban J connectivity index is 2.60. The van der Waals surface area contributed by atoms with Gasteiger partial charge in [0.1, 0.15) is 0 Å². The highest BCUT2D eigenvalue weighted by Gasteiger charge is 2.10. The third kappa shape index (κ3) is 1.38. The molecule has 0 aromatic heterocycles. The van der Waals surface area contributed by atoms with Crippen LogP contribution < -0.4 is 0 Å². The maximum atomic E-state index is 3.46. The molecule has 0 N–H and O–H groups in total. The smallest absolute Gasteiger partial charge is 0.0181 e. The van der Waals surface area contributed by atoms with E-state index in [1.807, 2.05) is 0 Å². The lowest BCUT2D eigenvalue weighted by Crippen LogP contribution is -1.80. The molecule has 0 unspecified atom stereocenters. The molecule has 1 aliphatic rings. The normalized spacial score (nSPS) is 14.5. The van der Waals surface area contributed by atoms with Crippen molar-refractivity contribution in [2.45, 2.75) is 6.42 Å². The van der Waals surface area contributed by atoms with E-state index < -0.39 is 0 Å². The van der Waals surface area contributed by atoms with Gasteiger partial charge in [-0.25, -0.2) is 0 Å². The van der Waals surface area contributed by atoms with Gasteiger partial charge < -0.3 is 0 Å². The van der Waals surface area contributed by atoms with Crippen LogP contribution in [0.2, 0.25) is 0 Å². The lowest BCUT2D eigenvalue weighted by atomic mass is 10.1. The second-order valence-electron chi connectivity index (χ2n) is 2.56. The SMILES string of the molecule is Brc1ccc2c(c1)C(I)=CC2. The first kappa shape index (κ1) is 7.80. The predicted octanol–water partition coefficient (Wildman–Crippen LogP) is 3.78. The lowest BCUT2D eigenvalue weighted by Gasteiger charge is -1.99. The molecule has 0 atom stereocenters. The minimum Gasteiger partial charge on any atom is -0.0661 e. The molecule has 56 valence electrons. The molecule has 11 heavy (non-hydrogen) atoms. The standard InChI is InChI=1S/C9H6BrI/c10-7-3-1-6-2-4-9(11)8(6)5-7/h1,3-5H,2H2. The molecule has 0 bridgehead atoms. The molecular weight excluding hydrogens is 315 g/mol. The van der Waals surface area contributed by atoms with Crippen LogP contribution >= 0.6 is 38.5 Å². The van der Waals surface area contributed by atoms with Crippen LogP contribution in [0.15, 0.2) is 28.7 Å². The van der Waals surface area contributed by atoms with Crippen molar-refractivity contribution in [2.24, 2.45) is 0 Å². The van der Waals surface area contributed by atoms with Gasteiger partial charge >= 0.3 is 0 Å². The third-order valence-electron chi connectivity index (χ3n) is 1.83. The van der Waals surface area contributed by atoms with Crippen LogP contribution in [0, 0.1) is 0 Å². The van der Waals surface area contributed by atoms with E-state index in [4.69, 9.17) is 0 Å². The molecule has 0 radical (unpaired) electrons. The van der Waals surface area contributed by atoms with Gasteiger partial charge in [-0.05, 0) is 52.3 Å². The second-order valence-corrected chi connectivity index (χ2v) is 4.64. The Morgan fingerprint density at radius 1 is 1.36 bits per heavy atom. The molecule has 0 aliphatic heterocycles. The lowest BCUT2D eigenvalue weighted by molar-refractivity contribution is 1.31. The Morgan fingerprint density at radius 2 is 2.18 bits per heavy atom. The molecule has 1 aromatic rings. The first-order chi connectivity index (χ1) is 5.27. The van der Waals surface area contributed by atoms with Crippen molar-refractivity contribution >= 4 is 42.1 Å². The van der Waals surface area contributed by atoms with Crippen LogP contribution in [0.5, 0.6) is 0 Å². The molecule has 0 spiro atoms. The number of allylic oxidation sites excluding steroid dienone is 1. The molecule has 2 heteroatoms. The molecular formula is C9H6BrI. The van der Waals surface area contributed by atoms with Gasteiger partial charge in [-0.1, -0.05) is 28.1 Å². The molecule has 0 nitrogen and oxygen atoms in total. The maximum absolute atomic E-state index is 3.46. The third-order valence-corrected chi connectivity index (χ3v) is 3.35. The number of hydrogen-bond acceptors (Lipinski definition) is 0. The monoisotopic (exact) mass is 320 g/mol. The van der Waals surface area contributed by atoms with Gasteiger partial charge in [0, 0.05) is 8.05 Å². The predicted molar refractivity (Wildman–Crippen MR) is 59.8 cm³/mol. The topological polar surface area (TPSA) is 0 Å². The molecule has 1 aromatic carbocycles. The number of hydrogen-bond donors (Lipinski definition) is 0. The second kappa shape index (κ2) is 2.90. The average molecular weight is 321 g/mol. The first-order valence-electron chi connectivity index (χ1n) is 3.42. The highest BCUT2D eigenvalue weighted by atomic mass is 127. The Bertz CT molecular complexity index is 328. The summed E-state index contributed by atoms with van der Waals surface area (Å²) in [4.78, 5) is 0. The molecule has 0 amide bonds. The minimum atomic E-state index is 1.10. The van der Waals surface area contributed by atoms with Gasteiger partial charge in [0.25, 0.3) is 0 Å². The van der Waals surface area contributed by atoms with E-state index in [2.05, 4.69) is 62.8 Å². The van der Waals surface area contributed by atoms with Crippen molar-refractivity contribution < 1.29 is 0 Å². The fourth-order valence-electron chi connectivity index (χ4n) is 1.26. The highest BCUT2D eigenvalue weighted by molar-refractivity contribution is 14.1. The summed E-state index contributed by atoms with van der Waals surface area (Å²) in [6, 6.07) is 6.46. The van der Waals surface area contributed by atoms with Gasteiger partial charge in [0.2, 0.25) is 0 Å². The number of rotatable bonds is 0. The molecule has 0 saturated heterocycles. The summed E-state index contributed by atoms with van der Waals surface area (Å²) in [6.07, 6.45) is 3.36. The summed E-state index contributed by atoms with van der Waals surface area (Å²) in [5.74, 6) is 0. The van der Waals surface area contributed by atoms with E-state index in [0.29, 0.717) is 0 Å². The Kier molecular flexibility index (Phi) is 2.06. The molecule has 0 saturated carbocycles. The number of benzene rings is 1. The number of halogens is 2. The molecule has 0 heterocycles. The first-order valence-corrected chi connectivity index (χ1v) is 5.29. The fourth-order valence-corrected chi connectivity index (χ4v) is 2.34. The van der Waals surface area contributed by atoms with E-state index in [9.17, 15) is 0 Å². The Labute approximate surface area is 88.0 Å². The highest BCUT2D eigenvalue weighted by Crippen LogP contribution is 2.33. The molecule has 0 fully saturated rings. The van der Waals surface area contributed by atoms with Gasteiger partial charge in [-0.3, -0.25) is 0 Å². The van der Waals surface area contributed by atoms with Crippen molar-refractivity contribution in [2.75, 3.05) is 0 Å². The van der Waals surface area contributed by atoms with Gasteiger partial charge in [-0.2, -0.15) is 0 Å².